The number of hydrogen-bond donors (Lipinski definition) is 1. The predicted octanol–water partition coefficient (Wildman–Crippen LogP) is 2.64. The highest BCUT2D eigenvalue weighted by atomic mass is 16.5. The number of morpholine rings is 1. The van der Waals surface area contributed by atoms with Crippen LogP contribution in [-0.4, -0.2) is 60.3 Å². The van der Waals surface area contributed by atoms with Crippen molar-refractivity contribution < 1.29 is 4.74 Å². The maximum absolute atomic E-state index is 5.39. The average Bonchev–Trinajstić information content (AvgIpc) is 2.68. The maximum Gasteiger partial charge on any atom is 0.227 e. The van der Waals surface area contributed by atoms with E-state index in [2.05, 4.69) is 58.2 Å². The van der Waals surface area contributed by atoms with Gasteiger partial charge in [-0.05, 0) is 25.5 Å². The van der Waals surface area contributed by atoms with Crippen LogP contribution < -0.4 is 10.2 Å². The van der Waals surface area contributed by atoms with Crippen LogP contribution >= 0.6 is 0 Å². The number of anilines is 2. The minimum absolute atomic E-state index is 0.318. The number of rotatable bonds is 8. The molecule has 1 aliphatic rings. The Morgan fingerprint density at radius 2 is 1.92 bits per heavy atom. The van der Waals surface area contributed by atoms with Gasteiger partial charge in [0.2, 0.25) is 5.95 Å². The average molecular weight is 355 g/mol. The van der Waals surface area contributed by atoms with E-state index in [0.29, 0.717) is 6.04 Å². The smallest absolute Gasteiger partial charge is 0.227 e. The SMILES string of the molecule is CC(C)N(Cc1ccccc1)c1nccc(NCCN2CCOCC2)n1. The summed E-state index contributed by atoms with van der Waals surface area (Å²) in [6.07, 6.45) is 1.83. The Labute approximate surface area is 156 Å². The summed E-state index contributed by atoms with van der Waals surface area (Å²) >= 11 is 0. The van der Waals surface area contributed by atoms with Gasteiger partial charge in [-0.25, -0.2) is 4.98 Å². The van der Waals surface area contributed by atoms with Gasteiger partial charge in [0, 0.05) is 45.0 Å². The zero-order valence-corrected chi connectivity index (χ0v) is 15.8. The molecular formula is C20H29N5O. The van der Waals surface area contributed by atoms with E-state index in [4.69, 9.17) is 9.72 Å². The van der Waals surface area contributed by atoms with E-state index in [1.165, 1.54) is 5.56 Å². The van der Waals surface area contributed by atoms with Gasteiger partial charge in [0.25, 0.3) is 0 Å². The first-order valence-electron chi connectivity index (χ1n) is 9.40. The molecular weight excluding hydrogens is 326 g/mol. The first kappa shape index (κ1) is 18.6. The first-order valence-corrected chi connectivity index (χ1v) is 9.40. The molecule has 1 aliphatic heterocycles. The summed E-state index contributed by atoms with van der Waals surface area (Å²) in [5.41, 5.74) is 1.26. The van der Waals surface area contributed by atoms with Gasteiger partial charge >= 0.3 is 0 Å². The molecule has 1 aromatic heterocycles. The normalized spacial score (nSPS) is 15.2. The Morgan fingerprint density at radius 1 is 1.15 bits per heavy atom. The summed E-state index contributed by atoms with van der Waals surface area (Å²) in [6.45, 7) is 10.7. The number of nitrogens with zero attached hydrogens (tertiary/aromatic N) is 4. The Morgan fingerprint density at radius 3 is 2.65 bits per heavy atom. The van der Waals surface area contributed by atoms with E-state index in [9.17, 15) is 0 Å². The highest BCUT2D eigenvalue weighted by molar-refractivity contribution is 5.42. The Bertz CT molecular complexity index is 658. The van der Waals surface area contributed by atoms with Gasteiger partial charge in [0.1, 0.15) is 5.82 Å². The zero-order valence-electron chi connectivity index (χ0n) is 15.8. The largest absolute Gasteiger partial charge is 0.379 e. The second-order valence-corrected chi connectivity index (χ2v) is 6.83. The summed E-state index contributed by atoms with van der Waals surface area (Å²) in [5, 5.41) is 3.43. The fraction of sp³-hybridized carbons (Fsp3) is 0.500. The molecule has 0 saturated carbocycles. The van der Waals surface area contributed by atoms with Crippen molar-refractivity contribution in [2.24, 2.45) is 0 Å². The summed E-state index contributed by atoms with van der Waals surface area (Å²) in [4.78, 5) is 13.9. The third kappa shape index (κ3) is 5.41. The van der Waals surface area contributed by atoms with Gasteiger partial charge in [-0.2, -0.15) is 4.98 Å². The summed E-state index contributed by atoms with van der Waals surface area (Å²) in [5.74, 6) is 1.64. The second-order valence-electron chi connectivity index (χ2n) is 6.83. The van der Waals surface area contributed by atoms with Crippen LogP contribution in [0.4, 0.5) is 11.8 Å². The van der Waals surface area contributed by atoms with Crippen LogP contribution in [0.5, 0.6) is 0 Å². The lowest BCUT2D eigenvalue weighted by Gasteiger charge is -2.28. The molecule has 26 heavy (non-hydrogen) atoms. The van der Waals surface area contributed by atoms with Gasteiger partial charge in [-0.1, -0.05) is 30.3 Å². The minimum Gasteiger partial charge on any atom is -0.379 e. The zero-order chi connectivity index (χ0) is 18.2. The number of benzene rings is 1. The third-order valence-electron chi connectivity index (χ3n) is 4.56. The number of aromatic nitrogens is 2. The third-order valence-corrected chi connectivity index (χ3v) is 4.56. The van der Waals surface area contributed by atoms with Crippen molar-refractivity contribution >= 4 is 11.8 Å². The van der Waals surface area contributed by atoms with Crippen molar-refractivity contribution in [3.8, 4) is 0 Å². The molecule has 2 aromatic rings. The number of hydrogen-bond acceptors (Lipinski definition) is 6. The van der Waals surface area contributed by atoms with Gasteiger partial charge in [0.15, 0.2) is 0 Å². The molecule has 0 atom stereocenters. The molecule has 6 heteroatoms. The molecule has 0 aliphatic carbocycles. The molecule has 0 radical (unpaired) electrons. The quantitative estimate of drug-likeness (QED) is 0.786. The molecule has 1 aromatic carbocycles. The van der Waals surface area contributed by atoms with Crippen molar-refractivity contribution in [2.75, 3.05) is 49.6 Å². The van der Waals surface area contributed by atoms with Crippen molar-refractivity contribution in [3.05, 3.63) is 48.2 Å². The fourth-order valence-electron chi connectivity index (χ4n) is 3.02. The number of ether oxygens (including phenoxy) is 1. The minimum atomic E-state index is 0.318. The predicted molar refractivity (Wildman–Crippen MR) is 106 cm³/mol. The van der Waals surface area contributed by atoms with Gasteiger partial charge in [0.05, 0.1) is 13.2 Å². The van der Waals surface area contributed by atoms with Crippen LogP contribution in [0.25, 0.3) is 0 Å². The van der Waals surface area contributed by atoms with E-state index in [1.54, 1.807) is 0 Å². The highest BCUT2D eigenvalue weighted by Gasteiger charge is 2.15. The van der Waals surface area contributed by atoms with Crippen LogP contribution in [0.1, 0.15) is 19.4 Å². The topological polar surface area (TPSA) is 53.5 Å². The van der Waals surface area contributed by atoms with Crippen molar-refractivity contribution in [3.63, 3.8) is 0 Å². The van der Waals surface area contributed by atoms with Gasteiger partial charge in [-0.3, -0.25) is 4.90 Å². The molecule has 6 nitrogen and oxygen atoms in total. The maximum atomic E-state index is 5.39. The summed E-state index contributed by atoms with van der Waals surface area (Å²) in [7, 11) is 0. The summed E-state index contributed by atoms with van der Waals surface area (Å²) < 4.78 is 5.39. The van der Waals surface area contributed by atoms with Gasteiger partial charge < -0.3 is 15.0 Å². The van der Waals surface area contributed by atoms with E-state index >= 15 is 0 Å². The van der Waals surface area contributed by atoms with Crippen molar-refractivity contribution in [1.29, 1.82) is 0 Å². The van der Waals surface area contributed by atoms with Crippen molar-refractivity contribution in [2.45, 2.75) is 26.4 Å². The molecule has 140 valence electrons. The lowest BCUT2D eigenvalue weighted by Crippen LogP contribution is -2.39. The van der Waals surface area contributed by atoms with Crippen LogP contribution in [0, 0.1) is 0 Å². The fourth-order valence-corrected chi connectivity index (χ4v) is 3.02. The molecule has 3 rings (SSSR count). The molecule has 0 unspecified atom stereocenters. The standard InChI is InChI=1S/C20H29N5O/c1-17(2)25(16-18-6-4-3-5-7-18)20-22-9-8-19(23-20)21-10-11-24-12-14-26-15-13-24/h3-9,17H,10-16H2,1-2H3,(H,21,22,23). The molecule has 1 fully saturated rings. The molecule has 2 heterocycles. The molecule has 1 N–H and O–H groups in total. The van der Waals surface area contributed by atoms with E-state index in [1.807, 2.05) is 18.3 Å². The molecule has 1 saturated heterocycles. The first-order chi connectivity index (χ1) is 12.7. The van der Waals surface area contributed by atoms with Crippen LogP contribution in [-0.2, 0) is 11.3 Å². The van der Waals surface area contributed by atoms with Crippen LogP contribution in [0.15, 0.2) is 42.6 Å². The lowest BCUT2D eigenvalue weighted by atomic mass is 10.2. The van der Waals surface area contributed by atoms with Crippen LogP contribution in [0.3, 0.4) is 0 Å². The molecule has 0 bridgehead atoms. The Hall–Kier alpha value is -2.18. The summed E-state index contributed by atoms with van der Waals surface area (Å²) in [6, 6.07) is 12.7. The Balaban J connectivity index is 1.60. The highest BCUT2D eigenvalue weighted by Crippen LogP contribution is 2.17. The Kier molecular flexibility index (Phi) is 6.80. The van der Waals surface area contributed by atoms with Crippen LogP contribution in [0.2, 0.25) is 0 Å². The lowest BCUT2D eigenvalue weighted by molar-refractivity contribution is 0.0398. The monoisotopic (exact) mass is 355 g/mol. The van der Waals surface area contributed by atoms with Gasteiger partial charge in [-0.15, -0.1) is 0 Å². The van der Waals surface area contributed by atoms with Crippen molar-refractivity contribution in [1.82, 2.24) is 14.9 Å². The second kappa shape index (κ2) is 9.50. The van der Waals surface area contributed by atoms with E-state index in [-0.39, 0.29) is 0 Å². The molecule has 0 amide bonds. The van der Waals surface area contributed by atoms with E-state index in [0.717, 1.165) is 57.7 Å². The number of nitrogens with one attached hydrogen (secondary N) is 1. The molecule has 0 spiro atoms. The van der Waals surface area contributed by atoms with E-state index < -0.39 is 0 Å².